The van der Waals surface area contributed by atoms with Crippen LogP contribution in [0.25, 0.3) is 16.9 Å². The van der Waals surface area contributed by atoms with Crippen molar-refractivity contribution in [1.82, 2.24) is 24.8 Å². The van der Waals surface area contributed by atoms with Crippen molar-refractivity contribution in [1.29, 1.82) is 0 Å². The van der Waals surface area contributed by atoms with Crippen LogP contribution in [0.4, 0.5) is 0 Å². The first-order valence-electron chi connectivity index (χ1n) is 10.6. The number of hydrogen-bond donors (Lipinski definition) is 1. The Morgan fingerprint density at radius 3 is 2.75 bits per heavy atom. The first kappa shape index (κ1) is 23.4. The molecule has 2 aromatic heterocycles. The van der Waals surface area contributed by atoms with Crippen molar-refractivity contribution in [2.75, 3.05) is 33.9 Å². The number of likely N-dealkylation sites (N-methyl/N-ethyl adjacent to an activating group) is 1. The van der Waals surface area contributed by atoms with Crippen molar-refractivity contribution in [2.24, 2.45) is 0 Å². The molecule has 0 aliphatic carbocycles. The molecule has 0 bridgehead atoms. The van der Waals surface area contributed by atoms with E-state index in [1.165, 1.54) is 0 Å². The maximum Gasteiger partial charge on any atom is 0.253 e. The standard InChI is InChI=1S/C25H31N5O2/c1-6-9-18(2)22(29(4)14-15-32-5)16-28-24(31)20-17-30(25-26-12-8-13-27-25)21-11-7-10-19(3)23(20)21/h6-13,17,22H,1,14-16H2,2-5H3,(H,28,31)/b18-9+. The second kappa shape index (κ2) is 10.8. The Morgan fingerprint density at radius 1 is 1.31 bits per heavy atom. The summed E-state index contributed by atoms with van der Waals surface area (Å²) in [7, 11) is 3.71. The molecule has 0 aliphatic rings. The van der Waals surface area contributed by atoms with E-state index >= 15 is 0 Å². The number of aryl methyl sites for hydroxylation is 1. The smallest absolute Gasteiger partial charge is 0.253 e. The molecule has 1 aromatic carbocycles. The number of hydrogen-bond acceptors (Lipinski definition) is 5. The molecule has 0 fully saturated rings. The van der Waals surface area contributed by atoms with Crippen molar-refractivity contribution < 1.29 is 9.53 Å². The van der Waals surface area contributed by atoms with Crippen LogP contribution in [-0.2, 0) is 4.74 Å². The number of allylic oxidation sites excluding steroid dienone is 2. The highest BCUT2D eigenvalue weighted by atomic mass is 16.5. The van der Waals surface area contributed by atoms with Crippen LogP contribution in [0.2, 0.25) is 0 Å². The highest BCUT2D eigenvalue weighted by Gasteiger charge is 2.21. The largest absolute Gasteiger partial charge is 0.383 e. The van der Waals surface area contributed by atoms with Crippen molar-refractivity contribution in [2.45, 2.75) is 19.9 Å². The molecule has 7 heteroatoms. The van der Waals surface area contributed by atoms with Crippen molar-refractivity contribution >= 4 is 16.8 Å². The molecule has 0 radical (unpaired) electrons. The van der Waals surface area contributed by atoms with E-state index in [2.05, 4.69) is 26.8 Å². The maximum absolute atomic E-state index is 13.3. The van der Waals surface area contributed by atoms with Gasteiger partial charge in [0.15, 0.2) is 0 Å². The Labute approximate surface area is 189 Å². The minimum absolute atomic E-state index is 0.0269. The fraction of sp³-hybridized carbons (Fsp3) is 0.320. The lowest BCUT2D eigenvalue weighted by atomic mass is 10.1. The van der Waals surface area contributed by atoms with Crippen molar-refractivity contribution in [3.63, 3.8) is 0 Å². The Hall–Kier alpha value is -3.29. The summed E-state index contributed by atoms with van der Waals surface area (Å²) in [6, 6.07) is 7.76. The van der Waals surface area contributed by atoms with Gasteiger partial charge in [0.05, 0.1) is 17.7 Å². The third-order valence-corrected chi connectivity index (χ3v) is 5.59. The van der Waals surface area contributed by atoms with Crippen LogP contribution in [0.15, 0.2) is 67.2 Å². The summed E-state index contributed by atoms with van der Waals surface area (Å²) < 4.78 is 7.08. The van der Waals surface area contributed by atoms with Gasteiger partial charge in [-0.15, -0.1) is 0 Å². The predicted octanol–water partition coefficient (Wildman–Crippen LogP) is 3.54. The molecule has 3 aromatic rings. The van der Waals surface area contributed by atoms with Crippen LogP contribution in [0, 0.1) is 6.92 Å². The lowest BCUT2D eigenvalue weighted by molar-refractivity contribution is 0.0938. The fourth-order valence-corrected chi connectivity index (χ4v) is 3.86. The second-order valence-electron chi connectivity index (χ2n) is 7.78. The molecule has 0 saturated carbocycles. The number of aromatic nitrogens is 3. The van der Waals surface area contributed by atoms with E-state index < -0.39 is 0 Å². The number of rotatable bonds is 10. The van der Waals surface area contributed by atoms with E-state index in [-0.39, 0.29) is 11.9 Å². The quantitative estimate of drug-likeness (QED) is 0.495. The summed E-state index contributed by atoms with van der Waals surface area (Å²) >= 11 is 0. The van der Waals surface area contributed by atoms with Gasteiger partial charge in [-0.3, -0.25) is 14.3 Å². The van der Waals surface area contributed by atoms with Crippen molar-refractivity contribution in [3.8, 4) is 5.95 Å². The summed E-state index contributed by atoms with van der Waals surface area (Å²) in [6.07, 6.45) is 8.95. The van der Waals surface area contributed by atoms with E-state index in [9.17, 15) is 4.79 Å². The zero-order valence-electron chi connectivity index (χ0n) is 19.2. The van der Waals surface area contributed by atoms with E-state index in [1.54, 1.807) is 31.6 Å². The van der Waals surface area contributed by atoms with E-state index in [0.29, 0.717) is 24.7 Å². The molecule has 3 rings (SSSR count). The van der Waals surface area contributed by atoms with Gasteiger partial charge in [0.2, 0.25) is 5.95 Å². The molecule has 1 atom stereocenters. The van der Waals surface area contributed by atoms with Gasteiger partial charge in [-0.25, -0.2) is 9.97 Å². The van der Waals surface area contributed by atoms with E-state index in [0.717, 1.165) is 28.6 Å². The molecule has 0 aliphatic heterocycles. The summed E-state index contributed by atoms with van der Waals surface area (Å²) in [6.45, 7) is 9.69. The number of fused-ring (bicyclic) bond motifs is 1. The van der Waals surface area contributed by atoms with Crippen LogP contribution in [0.3, 0.4) is 0 Å². The average molecular weight is 434 g/mol. The van der Waals surface area contributed by atoms with Crippen LogP contribution in [0.1, 0.15) is 22.8 Å². The Bertz CT molecular complexity index is 1100. The van der Waals surface area contributed by atoms with Gasteiger partial charge in [0.1, 0.15) is 0 Å². The van der Waals surface area contributed by atoms with Gasteiger partial charge in [0, 0.05) is 50.2 Å². The third-order valence-electron chi connectivity index (χ3n) is 5.59. The minimum Gasteiger partial charge on any atom is -0.383 e. The van der Waals surface area contributed by atoms with Gasteiger partial charge >= 0.3 is 0 Å². The SMILES string of the molecule is C=C/C=C(\C)C(CNC(=O)c1cn(-c2ncccn2)c2cccc(C)c12)N(C)CCOC. The number of carbonyl (C=O) groups is 1. The average Bonchev–Trinajstić information content (AvgIpc) is 3.19. The summed E-state index contributed by atoms with van der Waals surface area (Å²) in [5, 5.41) is 4.03. The van der Waals surface area contributed by atoms with Crippen LogP contribution < -0.4 is 5.32 Å². The van der Waals surface area contributed by atoms with Gasteiger partial charge in [-0.1, -0.05) is 36.4 Å². The second-order valence-corrected chi connectivity index (χ2v) is 7.78. The highest BCUT2D eigenvalue weighted by Crippen LogP contribution is 2.26. The summed E-state index contributed by atoms with van der Waals surface area (Å²) in [5.41, 5.74) is 3.65. The van der Waals surface area contributed by atoms with Gasteiger partial charge in [0.25, 0.3) is 5.91 Å². The zero-order valence-corrected chi connectivity index (χ0v) is 19.2. The highest BCUT2D eigenvalue weighted by molar-refractivity contribution is 6.08. The number of ether oxygens (including phenoxy) is 1. The predicted molar refractivity (Wildman–Crippen MR) is 128 cm³/mol. The van der Waals surface area contributed by atoms with Crippen molar-refractivity contribution in [3.05, 3.63) is 78.3 Å². The Kier molecular flexibility index (Phi) is 7.92. The topological polar surface area (TPSA) is 72.3 Å². The zero-order chi connectivity index (χ0) is 23.1. The first-order chi connectivity index (χ1) is 15.5. The molecule has 1 unspecified atom stereocenters. The number of nitrogens with zero attached hydrogens (tertiary/aromatic N) is 4. The Balaban J connectivity index is 1.91. The number of amides is 1. The normalized spacial score (nSPS) is 12.8. The molecule has 0 spiro atoms. The summed E-state index contributed by atoms with van der Waals surface area (Å²) in [4.78, 5) is 24.2. The van der Waals surface area contributed by atoms with Gasteiger partial charge in [-0.2, -0.15) is 0 Å². The fourth-order valence-electron chi connectivity index (χ4n) is 3.86. The number of benzene rings is 1. The van der Waals surface area contributed by atoms with Crippen LogP contribution in [0.5, 0.6) is 0 Å². The number of nitrogens with one attached hydrogen (secondary N) is 1. The van der Waals surface area contributed by atoms with Gasteiger partial charge < -0.3 is 10.1 Å². The lowest BCUT2D eigenvalue weighted by Gasteiger charge is -2.29. The van der Waals surface area contributed by atoms with Gasteiger partial charge in [-0.05, 0) is 38.6 Å². The maximum atomic E-state index is 13.3. The van der Waals surface area contributed by atoms with Crippen LogP contribution in [-0.4, -0.2) is 65.2 Å². The molecule has 7 nitrogen and oxygen atoms in total. The lowest BCUT2D eigenvalue weighted by Crippen LogP contribution is -2.44. The molecule has 1 amide bonds. The Morgan fingerprint density at radius 2 is 2.06 bits per heavy atom. The van der Waals surface area contributed by atoms with Crippen LogP contribution >= 0.6 is 0 Å². The summed E-state index contributed by atoms with van der Waals surface area (Å²) in [5.74, 6) is 0.402. The molecule has 2 heterocycles. The molecular weight excluding hydrogens is 402 g/mol. The molecule has 1 N–H and O–H groups in total. The minimum atomic E-state index is -0.129. The van der Waals surface area contributed by atoms with E-state index in [1.807, 2.05) is 55.9 Å². The monoisotopic (exact) mass is 433 g/mol. The third kappa shape index (κ3) is 5.12. The molecule has 0 saturated heterocycles. The molecule has 32 heavy (non-hydrogen) atoms. The molecular formula is C25H31N5O2. The number of carbonyl (C=O) groups excluding carboxylic acids is 1. The van der Waals surface area contributed by atoms with E-state index in [4.69, 9.17) is 4.74 Å². The first-order valence-corrected chi connectivity index (χ1v) is 10.6. The molecule has 168 valence electrons. The number of methoxy groups -OCH3 is 1.